The highest BCUT2D eigenvalue weighted by Crippen LogP contribution is 2.14. The number of carbonyl (C=O) groups excluding carboxylic acids is 1. The second-order valence-electron chi connectivity index (χ2n) is 5.84. The molecule has 128 valence electrons. The summed E-state index contributed by atoms with van der Waals surface area (Å²) in [5.74, 6) is 0.516. The predicted octanol–water partition coefficient (Wildman–Crippen LogP) is 0.934. The van der Waals surface area contributed by atoms with Crippen molar-refractivity contribution in [2.45, 2.75) is 20.0 Å². The molecule has 1 aliphatic rings. The van der Waals surface area contributed by atoms with Crippen LogP contribution in [0.2, 0.25) is 0 Å². The first kappa shape index (κ1) is 16.5. The molecule has 3 rings (SSSR count). The van der Waals surface area contributed by atoms with Crippen molar-refractivity contribution in [3.63, 3.8) is 0 Å². The van der Waals surface area contributed by atoms with Gasteiger partial charge in [0.05, 0.1) is 13.1 Å². The van der Waals surface area contributed by atoms with Gasteiger partial charge in [-0.05, 0) is 24.6 Å². The van der Waals surface area contributed by atoms with Crippen molar-refractivity contribution in [3.05, 3.63) is 46.9 Å². The minimum atomic E-state index is -0.354. The minimum absolute atomic E-state index is 0.140. The van der Waals surface area contributed by atoms with E-state index in [1.54, 1.807) is 24.0 Å². The first-order valence-corrected chi connectivity index (χ1v) is 7.86. The summed E-state index contributed by atoms with van der Waals surface area (Å²) in [6, 6.07) is 4.60. The van der Waals surface area contributed by atoms with Crippen molar-refractivity contribution in [2.75, 3.05) is 26.2 Å². The summed E-state index contributed by atoms with van der Waals surface area (Å²) in [6.45, 7) is 5.02. The molecule has 1 aliphatic heterocycles. The molecule has 0 saturated carbocycles. The number of benzene rings is 1. The molecule has 0 unspecified atom stereocenters. The van der Waals surface area contributed by atoms with Crippen LogP contribution in [-0.4, -0.2) is 52.0 Å². The maximum Gasteiger partial charge on any atom is 0.254 e. The number of hydrogen-bond donors (Lipinski definition) is 1. The summed E-state index contributed by atoms with van der Waals surface area (Å²) in [5, 5.41) is 3.87. The van der Waals surface area contributed by atoms with Crippen LogP contribution in [0.4, 0.5) is 4.39 Å². The van der Waals surface area contributed by atoms with Crippen LogP contribution in [-0.2, 0) is 13.1 Å². The van der Waals surface area contributed by atoms with Crippen LogP contribution in [0.15, 0.2) is 22.7 Å². The van der Waals surface area contributed by atoms with E-state index >= 15 is 0 Å². The fraction of sp³-hybridized carbons (Fsp3) is 0.438. The molecule has 1 saturated heterocycles. The Morgan fingerprint density at radius 3 is 2.71 bits per heavy atom. The molecule has 8 heteroatoms. The van der Waals surface area contributed by atoms with E-state index in [1.165, 1.54) is 6.07 Å². The quantitative estimate of drug-likeness (QED) is 0.895. The minimum Gasteiger partial charge on any atom is -0.338 e. The molecule has 2 N–H and O–H groups in total. The van der Waals surface area contributed by atoms with Gasteiger partial charge in [-0.25, -0.2) is 4.39 Å². The van der Waals surface area contributed by atoms with E-state index in [4.69, 9.17) is 10.3 Å². The highest BCUT2D eigenvalue weighted by molar-refractivity contribution is 5.94. The predicted molar refractivity (Wildman–Crippen MR) is 84.5 cm³/mol. The Hall–Kier alpha value is -2.32. The zero-order valence-corrected chi connectivity index (χ0v) is 13.5. The van der Waals surface area contributed by atoms with Crippen LogP contribution in [0.1, 0.15) is 27.6 Å². The fourth-order valence-electron chi connectivity index (χ4n) is 2.65. The van der Waals surface area contributed by atoms with Gasteiger partial charge in [-0.2, -0.15) is 4.98 Å². The first-order chi connectivity index (χ1) is 11.6. The molecule has 1 fully saturated rings. The SMILES string of the molecule is Cc1ccc(C(=O)N2CCN(Cc3noc(CN)n3)CC2)cc1F. The molecule has 0 radical (unpaired) electrons. The summed E-state index contributed by atoms with van der Waals surface area (Å²) in [7, 11) is 0. The largest absolute Gasteiger partial charge is 0.338 e. The van der Waals surface area contributed by atoms with E-state index < -0.39 is 0 Å². The van der Waals surface area contributed by atoms with Crippen molar-refractivity contribution < 1.29 is 13.7 Å². The lowest BCUT2D eigenvalue weighted by molar-refractivity contribution is 0.0624. The van der Waals surface area contributed by atoms with E-state index in [9.17, 15) is 9.18 Å². The fourth-order valence-corrected chi connectivity index (χ4v) is 2.65. The Balaban J connectivity index is 1.56. The van der Waals surface area contributed by atoms with Gasteiger partial charge in [-0.15, -0.1) is 0 Å². The van der Waals surface area contributed by atoms with Crippen LogP contribution in [0.25, 0.3) is 0 Å². The normalized spacial score (nSPS) is 15.7. The molecule has 0 atom stereocenters. The van der Waals surface area contributed by atoms with Crippen LogP contribution >= 0.6 is 0 Å². The summed E-state index contributed by atoms with van der Waals surface area (Å²) in [5.41, 5.74) is 6.36. The molecule has 0 spiro atoms. The third-order valence-corrected chi connectivity index (χ3v) is 4.13. The smallest absolute Gasteiger partial charge is 0.254 e. The second-order valence-corrected chi connectivity index (χ2v) is 5.84. The number of aromatic nitrogens is 2. The Labute approximate surface area is 139 Å². The number of carbonyl (C=O) groups is 1. The molecule has 7 nitrogen and oxygen atoms in total. The lowest BCUT2D eigenvalue weighted by Gasteiger charge is -2.34. The number of aryl methyl sites for hydroxylation is 1. The number of hydrogen-bond acceptors (Lipinski definition) is 6. The Bertz CT molecular complexity index is 725. The van der Waals surface area contributed by atoms with Crippen LogP contribution in [0.5, 0.6) is 0 Å². The molecule has 24 heavy (non-hydrogen) atoms. The van der Waals surface area contributed by atoms with E-state index in [0.717, 1.165) is 0 Å². The van der Waals surface area contributed by atoms with E-state index in [-0.39, 0.29) is 18.3 Å². The number of halogens is 1. The average molecular weight is 333 g/mol. The van der Waals surface area contributed by atoms with Crippen LogP contribution < -0.4 is 5.73 Å². The summed E-state index contributed by atoms with van der Waals surface area (Å²) in [6.07, 6.45) is 0. The number of amides is 1. The molecular weight excluding hydrogens is 313 g/mol. The maximum atomic E-state index is 13.6. The molecule has 2 heterocycles. The maximum absolute atomic E-state index is 13.6. The summed E-state index contributed by atoms with van der Waals surface area (Å²) in [4.78, 5) is 20.5. The first-order valence-electron chi connectivity index (χ1n) is 7.86. The topological polar surface area (TPSA) is 88.5 Å². The van der Waals surface area contributed by atoms with Crippen LogP contribution in [0, 0.1) is 12.7 Å². The highest BCUT2D eigenvalue weighted by Gasteiger charge is 2.23. The van der Waals surface area contributed by atoms with E-state index in [0.29, 0.717) is 55.6 Å². The average Bonchev–Trinajstić information content (AvgIpc) is 3.05. The number of rotatable bonds is 4. The van der Waals surface area contributed by atoms with E-state index in [1.807, 2.05) is 0 Å². The van der Waals surface area contributed by atoms with Gasteiger partial charge in [0.1, 0.15) is 5.82 Å². The van der Waals surface area contributed by atoms with E-state index in [2.05, 4.69) is 15.0 Å². The number of piperazine rings is 1. The van der Waals surface area contributed by atoms with Gasteiger partial charge >= 0.3 is 0 Å². The molecule has 0 bridgehead atoms. The Morgan fingerprint density at radius 1 is 1.33 bits per heavy atom. The molecule has 1 aromatic carbocycles. The summed E-state index contributed by atoms with van der Waals surface area (Å²) >= 11 is 0. The van der Waals surface area contributed by atoms with Crippen molar-refractivity contribution in [1.29, 1.82) is 0 Å². The van der Waals surface area contributed by atoms with Gasteiger partial charge in [0.15, 0.2) is 5.82 Å². The lowest BCUT2D eigenvalue weighted by atomic mass is 10.1. The zero-order chi connectivity index (χ0) is 17.1. The molecule has 0 aliphatic carbocycles. The van der Waals surface area contributed by atoms with Gasteiger partial charge < -0.3 is 15.2 Å². The standard InChI is InChI=1S/C16H20FN5O2/c1-11-2-3-12(8-13(11)17)16(23)22-6-4-21(5-7-22)10-14-19-15(9-18)24-20-14/h2-3,8H,4-7,9-10,18H2,1H3. The van der Waals surface area contributed by atoms with Crippen molar-refractivity contribution in [1.82, 2.24) is 19.9 Å². The van der Waals surface area contributed by atoms with Gasteiger partial charge in [-0.3, -0.25) is 9.69 Å². The van der Waals surface area contributed by atoms with Crippen LogP contribution in [0.3, 0.4) is 0 Å². The van der Waals surface area contributed by atoms with Gasteiger partial charge in [0.2, 0.25) is 5.89 Å². The number of nitrogens with zero attached hydrogens (tertiary/aromatic N) is 4. The molecule has 1 amide bonds. The summed E-state index contributed by atoms with van der Waals surface area (Å²) < 4.78 is 18.6. The third kappa shape index (κ3) is 3.60. The van der Waals surface area contributed by atoms with Gasteiger partial charge in [-0.1, -0.05) is 11.2 Å². The zero-order valence-electron chi connectivity index (χ0n) is 13.5. The van der Waals surface area contributed by atoms with Gasteiger partial charge in [0, 0.05) is 31.7 Å². The number of nitrogens with two attached hydrogens (primary N) is 1. The molecular formula is C16H20FN5O2. The molecule has 2 aromatic rings. The Kier molecular flexibility index (Phi) is 4.86. The van der Waals surface area contributed by atoms with Crippen molar-refractivity contribution >= 4 is 5.91 Å². The van der Waals surface area contributed by atoms with Gasteiger partial charge in [0.25, 0.3) is 5.91 Å². The Morgan fingerprint density at radius 2 is 2.08 bits per heavy atom. The monoisotopic (exact) mass is 333 g/mol. The lowest BCUT2D eigenvalue weighted by Crippen LogP contribution is -2.48. The van der Waals surface area contributed by atoms with Crippen molar-refractivity contribution in [3.8, 4) is 0 Å². The third-order valence-electron chi connectivity index (χ3n) is 4.13. The van der Waals surface area contributed by atoms with Crippen molar-refractivity contribution in [2.24, 2.45) is 5.73 Å². The molecule has 1 aromatic heterocycles. The second kappa shape index (κ2) is 7.06. The highest BCUT2D eigenvalue weighted by atomic mass is 19.1.